The Labute approximate surface area is 117 Å². The molecule has 2 nitrogen and oxygen atoms in total. The molecule has 0 amide bonds. The lowest BCUT2D eigenvalue weighted by Crippen LogP contribution is -2.24. The molecular weight excluding hydrogens is 264 g/mol. The molecule has 0 spiro atoms. The number of rotatable bonds is 4. The van der Waals surface area contributed by atoms with Crippen molar-refractivity contribution in [2.24, 2.45) is 0 Å². The van der Waals surface area contributed by atoms with Gasteiger partial charge in [0.05, 0.1) is 23.9 Å². The van der Waals surface area contributed by atoms with Crippen LogP contribution in [0.15, 0.2) is 24.3 Å². The lowest BCUT2D eigenvalue weighted by molar-refractivity contribution is 0.390. The van der Waals surface area contributed by atoms with Crippen molar-refractivity contribution in [3.05, 3.63) is 29.8 Å². The van der Waals surface area contributed by atoms with Crippen LogP contribution in [0.4, 0.5) is 0 Å². The molecule has 1 atom stereocenters. The summed E-state index contributed by atoms with van der Waals surface area (Å²) >= 11 is 4.18. The first-order valence-electron chi connectivity index (χ1n) is 6.36. The highest BCUT2D eigenvalue weighted by atomic mass is 32.2. The molecular formula is C14H18O2S2. The van der Waals surface area contributed by atoms with Crippen LogP contribution in [-0.2, 0) is 8.82 Å². The second kappa shape index (κ2) is 5.35. The Balaban J connectivity index is 1.85. The fraction of sp³-hybridized carbons (Fsp3) is 0.571. The van der Waals surface area contributed by atoms with E-state index in [4.69, 9.17) is 9.47 Å². The van der Waals surface area contributed by atoms with Crippen LogP contribution in [0, 0.1) is 0 Å². The summed E-state index contributed by atoms with van der Waals surface area (Å²) in [5.74, 6) is 3.44. The molecule has 2 aliphatic heterocycles. The quantitative estimate of drug-likeness (QED) is 0.788. The van der Waals surface area contributed by atoms with Gasteiger partial charge in [0, 0.05) is 6.42 Å². The van der Waals surface area contributed by atoms with Crippen LogP contribution >= 0.6 is 23.5 Å². The second-order valence-electron chi connectivity index (χ2n) is 4.69. The van der Waals surface area contributed by atoms with Gasteiger partial charge in [0.25, 0.3) is 0 Å². The first-order valence-corrected chi connectivity index (χ1v) is 8.33. The zero-order chi connectivity index (χ0) is 12.4. The minimum Gasteiger partial charge on any atom is -0.497 e. The number of methoxy groups -OCH3 is 1. The Morgan fingerprint density at radius 3 is 2.50 bits per heavy atom. The van der Waals surface area contributed by atoms with Crippen molar-refractivity contribution in [3.63, 3.8) is 0 Å². The minimum atomic E-state index is 0.200. The Morgan fingerprint density at radius 2 is 1.94 bits per heavy atom. The standard InChI is InChI=1S/C14H18O2S2/c1-15-12-5-3-11(4-6-12)14(9-13-10-16-13)17-7-2-8-18-14/h3-6,13H,2,7-10H2,1H3. The third kappa shape index (κ3) is 2.65. The Kier molecular flexibility index (Phi) is 3.78. The van der Waals surface area contributed by atoms with E-state index >= 15 is 0 Å². The lowest BCUT2D eigenvalue weighted by atomic mass is 10.1. The molecule has 1 aromatic carbocycles. The highest BCUT2D eigenvalue weighted by Crippen LogP contribution is 2.54. The van der Waals surface area contributed by atoms with Crippen molar-refractivity contribution in [1.82, 2.24) is 0 Å². The number of thioether (sulfide) groups is 2. The minimum absolute atomic E-state index is 0.200. The molecule has 1 unspecified atom stereocenters. The molecule has 3 rings (SSSR count). The average Bonchev–Trinajstić information content (AvgIpc) is 3.24. The fourth-order valence-corrected chi connectivity index (χ4v) is 5.77. The van der Waals surface area contributed by atoms with E-state index < -0.39 is 0 Å². The lowest BCUT2D eigenvalue weighted by Gasteiger charge is -2.36. The zero-order valence-electron chi connectivity index (χ0n) is 10.6. The van der Waals surface area contributed by atoms with E-state index in [2.05, 4.69) is 47.8 Å². The summed E-state index contributed by atoms with van der Waals surface area (Å²) in [7, 11) is 1.72. The smallest absolute Gasteiger partial charge is 0.118 e. The van der Waals surface area contributed by atoms with Gasteiger partial charge < -0.3 is 9.47 Å². The number of hydrogen-bond acceptors (Lipinski definition) is 4. The number of hydrogen-bond donors (Lipinski definition) is 0. The van der Waals surface area contributed by atoms with Crippen LogP contribution in [0.1, 0.15) is 18.4 Å². The van der Waals surface area contributed by atoms with E-state index in [1.807, 2.05) is 0 Å². The summed E-state index contributed by atoms with van der Waals surface area (Å²) in [5.41, 5.74) is 1.41. The molecule has 0 saturated carbocycles. The van der Waals surface area contributed by atoms with Crippen LogP contribution in [0.3, 0.4) is 0 Å². The molecule has 2 fully saturated rings. The maximum atomic E-state index is 5.45. The summed E-state index contributed by atoms with van der Waals surface area (Å²) in [5, 5.41) is 0. The SMILES string of the molecule is COc1ccc(C2(CC3CO3)SCCCS2)cc1. The van der Waals surface area contributed by atoms with Crippen LogP contribution in [0.5, 0.6) is 5.75 Å². The molecule has 1 aromatic rings. The van der Waals surface area contributed by atoms with E-state index in [0.717, 1.165) is 18.8 Å². The van der Waals surface area contributed by atoms with Crippen molar-refractivity contribution >= 4 is 23.5 Å². The first-order chi connectivity index (χ1) is 8.82. The molecule has 98 valence electrons. The molecule has 2 aliphatic rings. The van der Waals surface area contributed by atoms with Gasteiger partial charge in [0.15, 0.2) is 0 Å². The van der Waals surface area contributed by atoms with E-state index in [1.54, 1.807) is 7.11 Å². The zero-order valence-corrected chi connectivity index (χ0v) is 12.2. The maximum Gasteiger partial charge on any atom is 0.118 e. The maximum absolute atomic E-state index is 5.45. The molecule has 0 radical (unpaired) electrons. The topological polar surface area (TPSA) is 21.8 Å². The van der Waals surface area contributed by atoms with Gasteiger partial charge in [0.1, 0.15) is 5.75 Å². The van der Waals surface area contributed by atoms with Gasteiger partial charge in [0.2, 0.25) is 0 Å². The molecule has 4 heteroatoms. The van der Waals surface area contributed by atoms with Gasteiger partial charge in [-0.2, -0.15) is 0 Å². The average molecular weight is 282 g/mol. The van der Waals surface area contributed by atoms with Gasteiger partial charge in [-0.25, -0.2) is 0 Å². The van der Waals surface area contributed by atoms with Crippen molar-refractivity contribution < 1.29 is 9.47 Å². The fourth-order valence-electron chi connectivity index (χ4n) is 2.31. The second-order valence-corrected chi connectivity index (χ2v) is 7.74. The van der Waals surface area contributed by atoms with Crippen LogP contribution in [0.2, 0.25) is 0 Å². The van der Waals surface area contributed by atoms with E-state index in [9.17, 15) is 0 Å². The summed E-state index contributed by atoms with van der Waals surface area (Å²) in [6, 6.07) is 8.57. The molecule has 0 aliphatic carbocycles. The third-order valence-corrected chi connectivity index (χ3v) is 6.82. The first kappa shape index (κ1) is 12.7. The molecule has 0 bridgehead atoms. The monoisotopic (exact) mass is 282 g/mol. The van der Waals surface area contributed by atoms with Crippen LogP contribution in [0.25, 0.3) is 0 Å². The normalized spacial score (nSPS) is 25.7. The number of benzene rings is 1. The highest BCUT2D eigenvalue weighted by molar-refractivity contribution is 8.18. The Hall–Kier alpha value is -0.320. The summed E-state index contributed by atoms with van der Waals surface area (Å²) < 4.78 is 10.9. The molecule has 0 N–H and O–H groups in total. The van der Waals surface area contributed by atoms with E-state index in [1.165, 1.54) is 23.5 Å². The third-order valence-electron chi connectivity index (χ3n) is 3.39. The Bertz CT molecular complexity index is 395. The van der Waals surface area contributed by atoms with E-state index in [-0.39, 0.29) is 4.08 Å². The van der Waals surface area contributed by atoms with Gasteiger partial charge in [-0.15, -0.1) is 23.5 Å². The molecule has 18 heavy (non-hydrogen) atoms. The highest BCUT2D eigenvalue weighted by Gasteiger charge is 2.41. The summed E-state index contributed by atoms with van der Waals surface area (Å²) in [6.07, 6.45) is 2.93. The van der Waals surface area contributed by atoms with Crippen molar-refractivity contribution in [2.75, 3.05) is 25.2 Å². The largest absolute Gasteiger partial charge is 0.497 e. The molecule has 2 heterocycles. The van der Waals surface area contributed by atoms with Gasteiger partial charge in [-0.05, 0) is 35.6 Å². The number of epoxide rings is 1. The van der Waals surface area contributed by atoms with E-state index in [0.29, 0.717) is 6.10 Å². The van der Waals surface area contributed by atoms with Crippen LogP contribution < -0.4 is 4.74 Å². The predicted octanol–water partition coefficient (Wildman–Crippen LogP) is 3.51. The van der Waals surface area contributed by atoms with Crippen molar-refractivity contribution in [2.45, 2.75) is 23.0 Å². The number of ether oxygens (including phenoxy) is 2. The van der Waals surface area contributed by atoms with Gasteiger partial charge in [-0.1, -0.05) is 12.1 Å². The van der Waals surface area contributed by atoms with Crippen molar-refractivity contribution in [1.29, 1.82) is 0 Å². The van der Waals surface area contributed by atoms with Gasteiger partial charge >= 0.3 is 0 Å². The molecule has 2 saturated heterocycles. The van der Waals surface area contributed by atoms with Crippen molar-refractivity contribution in [3.8, 4) is 5.75 Å². The predicted molar refractivity (Wildman–Crippen MR) is 78.6 cm³/mol. The summed E-state index contributed by atoms with van der Waals surface area (Å²) in [4.78, 5) is 0. The Morgan fingerprint density at radius 1 is 1.28 bits per heavy atom. The summed E-state index contributed by atoms with van der Waals surface area (Å²) in [6.45, 7) is 0.943. The van der Waals surface area contributed by atoms with Crippen LogP contribution in [-0.4, -0.2) is 31.3 Å². The van der Waals surface area contributed by atoms with Gasteiger partial charge in [-0.3, -0.25) is 0 Å². The molecule has 0 aromatic heterocycles.